The van der Waals surface area contributed by atoms with Gasteiger partial charge in [0, 0.05) is 17.1 Å². The second-order valence-electron chi connectivity index (χ2n) is 8.97. The third-order valence-electron chi connectivity index (χ3n) is 6.04. The Morgan fingerprint density at radius 2 is 1.76 bits per heavy atom. The molecule has 1 aliphatic heterocycles. The molecule has 1 heterocycles. The molecule has 0 bridgehead atoms. The fourth-order valence-electron chi connectivity index (χ4n) is 4.35. The highest BCUT2D eigenvalue weighted by molar-refractivity contribution is 7.70. The molecule has 3 aromatic rings. The SMILES string of the molecule is CP(C)(=O)c1c(F)cccc1-c1ccc(N2CC[C@@H](NC(=O)Nc3ccc(Cl)cc3F)C2O)c(F)c1F. The Labute approximate surface area is 215 Å². The number of hydrogen-bond donors (Lipinski definition) is 3. The Hall–Kier alpha value is -3.07. The maximum absolute atomic E-state index is 15.2. The minimum atomic E-state index is -3.18. The molecule has 2 atom stereocenters. The molecule has 12 heteroatoms. The summed E-state index contributed by atoms with van der Waals surface area (Å²) in [6.07, 6.45) is -1.24. The predicted octanol–water partition coefficient (Wildman–Crippen LogP) is 5.53. The van der Waals surface area contributed by atoms with Crippen molar-refractivity contribution in [2.24, 2.45) is 0 Å². The quantitative estimate of drug-likeness (QED) is 0.286. The van der Waals surface area contributed by atoms with E-state index in [0.29, 0.717) is 0 Å². The molecule has 3 aromatic carbocycles. The van der Waals surface area contributed by atoms with Crippen LogP contribution in [0.1, 0.15) is 6.42 Å². The first-order valence-corrected chi connectivity index (χ1v) is 14.2. The molecule has 37 heavy (non-hydrogen) atoms. The van der Waals surface area contributed by atoms with E-state index in [1.807, 2.05) is 0 Å². The van der Waals surface area contributed by atoms with Crippen molar-refractivity contribution in [3.05, 3.63) is 76.8 Å². The van der Waals surface area contributed by atoms with E-state index in [1.54, 1.807) is 0 Å². The Balaban J connectivity index is 1.55. The van der Waals surface area contributed by atoms with E-state index in [2.05, 4.69) is 10.6 Å². The molecular formula is C25H23ClF4N3O3P. The summed E-state index contributed by atoms with van der Waals surface area (Å²) >= 11 is 5.69. The average molecular weight is 556 g/mol. The number of urea groups is 1. The van der Waals surface area contributed by atoms with Crippen molar-refractivity contribution in [2.45, 2.75) is 18.7 Å². The van der Waals surface area contributed by atoms with Gasteiger partial charge in [0.1, 0.15) is 25.0 Å². The lowest BCUT2D eigenvalue weighted by Crippen LogP contribution is -2.46. The van der Waals surface area contributed by atoms with Crippen LogP contribution >= 0.6 is 18.7 Å². The third-order valence-corrected chi connectivity index (χ3v) is 7.81. The lowest BCUT2D eigenvalue weighted by atomic mass is 10.0. The van der Waals surface area contributed by atoms with Crippen LogP contribution in [-0.4, -0.2) is 43.3 Å². The number of nitrogens with one attached hydrogen (secondary N) is 2. The number of aliphatic hydroxyl groups excluding tert-OH is 1. The van der Waals surface area contributed by atoms with Crippen LogP contribution in [0.4, 0.5) is 33.7 Å². The Morgan fingerprint density at radius 1 is 1.03 bits per heavy atom. The maximum Gasteiger partial charge on any atom is 0.319 e. The van der Waals surface area contributed by atoms with Gasteiger partial charge >= 0.3 is 6.03 Å². The fourth-order valence-corrected chi connectivity index (χ4v) is 5.88. The molecule has 2 amide bonds. The summed E-state index contributed by atoms with van der Waals surface area (Å²) in [7, 11) is -3.18. The number of amides is 2. The van der Waals surface area contributed by atoms with Gasteiger partial charge < -0.3 is 25.2 Å². The Bertz CT molecular complexity index is 1420. The zero-order valence-electron chi connectivity index (χ0n) is 19.7. The van der Waals surface area contributed by atoms with Gasteiger partial charge in [-0.25, -0.2) is 22.4 Å². The van der Waals surface area contributed by atoms with Gasteiger partial charge in [-0.05, 0) is 61.7 Å². The number of anilines is 2. The van der Waals surface area contributed by atoms with Gasteiger partial charge in [-0.2, -0.15) is 0 Å². The largest absolute Gasteiger partial charge is 0.371 e. The second-order valence-corrected chi connectivity index (χ2v) is 12.6. The molecule has 3 N–H and O–H groups in total. The molecule has 0 aliphatic carbocycles. The van der Waals surface area contributed by atoms with Crippen LogP contribution in [0.2, 0.25) is 5.02 Å². The Kier molecular flexibility index (Phi) is 7.55. The molecule has 6 nitrogen and oxygen atoms in total. The smallest absolute Gasteiger partial charge is 0.319 e. The van der Waals surface area contributed by atoms with Crippen LogP contribution < -0.4 is 20.8 Å². The van der Waals surface area contributed by atoms with Crippen LogP contribution in [0.15, 0.2) is 48.5 Å². The lowest BCUT2D eigenvalue weighted by Gasteiger charge is -2.27. The lowest BCUT2D eigenvalue weighted by molar-refractivity contribution is 0.152. The monoisotopic (exact) mass is 555 g/mol. The zero-order valence-corrected chi connectivity index (χ0v) is 21.4. The van der Waals surface area contributed by atoms with Crippen LogP contribution in [0, 0.1) is 23.3 Å². The molecule has 0 radical (unpaired) electrons. The van der Waals surface area contributed by atoms with E-state index < -0.39 is 48.7 Å². The van der Waals surface area contributed by atoms with Crippen LogP contribution in [0.3, 0.4) is 0 Å². The number of nitrogens with zero attached hydrogens (tertiary/aromatic N) is 1. The van der Waals surface area contributed by atoms with Crippen LogP contribution in [0.5, 0.6) is 0 Å². The minimum absolute atomic E-state index is 0.0242. The summed E-state index contributed by atoms with van der Waals surface area (Å²) in [6.45, 7) is 2.74. The molecule has 1 saturated heterocycles. The molecule has 4 rings (SSSR count). The van der Waals surface area contributed by atoms with E-state index >= 15 is 8.78 Å². The van der Waals surface area contributed by atoms with E-state index in [9.17, 15) is 23.2 Å². The van der Waals surface area contributed by atoms with Gasteiger partial charge in [-0.15, -0.1) is 0 Å². The van der Waals surface area contributed by atoms with Crippen molar-refractivity contribution in [3.8, 4) is 11.1 Å². The molecule has 1 aliphatic rings. The minimum Gasteiger partial charge on any atom is -0.371 e. The molecule has 0 saturated carbocycles. The van der Waals surface area contributed by atoms with Gasteiger partial charge in [-0.3, -0.25) is 0 Å². The van der Waals surface area contributed by atoms with E-state index in [4.69, 9.17) is 11.6 Å². The number of aliphatic hydroxyl groups is 1. The standard InChI is InChI=1S/C25H23ClF4N3O3P/c1-37(2,36)23-15(4-3-5-16(23)27)14-7-9-20(22(30)21(14)29)33-11-10-19(24(33)34)32-25(35)31-18-8-6-13(26)12-17(18)28/h3-9,12,19,24,34H,10-11H2,1-2H3,(H2,31,32,35)/t19-,24?/m1/s1. The topological polar surface area (TPSA) is 81.7 Å². The fraction of sp³-hybridized carbons (Fsp3) is 0.240. The molecule has 0 spiro atoms. The number of carbonyl (C=O) groups excluding carboxylic acids is 1. The highest BCUT2D eigenvalue weighted by Crippen LogP contribution is 2.42. The van der Waals surface area contributed by atoms with Crippen LogP contribution in [0.25, 0.3) is 11.1 Å². The highest BCUT2D eigenvalue weighted by Gasteiger charge is 2.36. The third kappa shape index (κ3) is 5.46. The molecule has 1 fully saturated rings. The summed E-state index contributed by atoms with van der Waals surface area (Å²) in [4.78, 5) is 13.5. The first-order valence-electron chi connectivity index (χ1n) is 11.2. The van der Waals surface area contributed by atoms with Crippen molar-refractivity contribution in [1.29, 1.82) is 0 Å². The summed E-state index contributed by atoms with van der Waals surface area (Å²) in [5.74, 6) is -4.12. The van der Waals surface area contributed by atoms with E-state index in [1.165, 1.54) is 54.6 Å². The summed E-state index contributed by atoms with van der Waals surface area (Å²) in [6, 6.07) is 8.24. The summed E-state index contributed by atoms with van der Waals surface area (Å²) < 4.78 is 71.5. The van der Waals surface area contributed by atoms with E-state index in [-0.39, 0.29) is 45.8 Å². The summed E-state index contributed by atoms with van der Waals surface area (Å²) in [5.41, 5.74) is -0.692. The van der Waals surface area contributed by atoms with Crippen LogP contribution in [-0.2, 0) is 4.57 Å². The Morgan fingerprint density at radius 3 is 2.43 bits per heavy atom. The van der Waals surface area contributed by atoms with Gasteiger partial charge in [0.25, 0.3) is 0 Å². The van der Waals surface area contributed by atoms with Gasteiger partial charge in [-0.1, -0.05) is 23.7 Å². The normalized spacial score (nSPS) is 17.7. The first-order chi connectivity index (χ1) is 17.4. The predicted molar refractivity (Wildman–Crippen MR) is 136 cm³/mol. The second kappa shape index (κ2) is 10.4. The van der Waals surface area contributed by atoms with Gasteiger partial charge in [0.15, 0.2) is 11.6 Å². The maximum atomic E-state index is 15.2. The highest BCUT2D eigenvalue weighted by atomic mass is 35.5. The number of carbonyl (C=O) groups is 1. The zero-order chi connectivity index (χ0) is 27.1. The van der Waals surface area contributed by atoms with Gasteiger partial charge in [0.05, 0.1) is 22.7 Å². The number of rotatable bonds is 5. The molecule has 0 aromatic heterocycles. The van der Waals surface area contributed by atoms with E-state index in [0.717, 1.165) is 12.1 Å². The van der Waals surface area contributed by atoms with Crippen molar-refractivity contribution in [1.82, 2.24) is 5.32 Å². The number of benzene rings is 3. The van der Waals surface area contributed by atoms with Crippen molar-refractivity contribution in [3.63, 3.8) is 0 Å². The number of hydrogen-bond acceptors (Lipinski definition) is 4. The average Bonchev–Trinajstić information content (AvgIpc) is 3.16. The molecule has 196 valence electrons. The van der Waals surface area contributed by atoms with Crippen molar-refractivity contribution < 1.29 is 32.0 Å². The molecular weight excluding hydrogens is 533 g/mol. The van der Waals surface area contributed by atoms with Crippen molar-refractivity contribution >= 4 is 41.5 Å². The first kappa shape index (κ1) is 27.0. The van der Waals surface area contributed by atoms with Crippen molar-refractivity contribution in [2.75, 3.05) is 30.1 Å². The molecule has 1 unspecified atom stereocenters. The summed E-state index contributed by atoms with van der Waals surface area (Å²) in [5, 5.41) is 15.5. The number of halogens is 5. The van der Waals surface area contributed by atoms with Gasteiger partial charge in [0.2, 0.25) is 0 Å².